The summed E-state index contributed by atoms with van der Waals surface area (Å²) in [5, 5.41) is 8.81. The normalized spacial score (nSPS) is 17.9. The minimum Gasteiger partial charge on any atom is -0.303 e. The van der Waals surface area contributed by atoms with Gasteiger partial charge in [-0.05, 0) is 42.4 Å². The second kappa shape index (κ2) is 6.35. The highest BCUT2D eigenvalue weighted by atomic mass is 16.1. The van der Waals surface area contributed by atoms with E-state index in [1.165, 1.54) is 37.7 Å². The summed E-state index contributed by atoms with van der Waals surface area (Å²) < 4.78 is 0. The third kappa shape index (κ3) is 2.98. The highest BCUT2D eigenvalue weighted by Crippen LogP contribution is 2.37. The van der Waals surface area contributed by atoms with Crippen molar-refractivity contribution in [2.24, 2.45) is 5.92 Å². The molecule has 1 aromatic carbocycles. The summed E-state index contributed by atoms with van der Waals surface area (Å²) in [4.78, 5) is 10.9. The molecule has 0 saturated heterocycles. The van der Waals surface area contributed by atoms with Crippen LogP contribution in [-0.4, -0.2) is 6.29 Å². The quantitative estimate of drug-likeness (QED) is 0.752. The third-order valence-corrected chi connectivity index (χ3v) is 4.04. The van der Waals surface area contributed by atoms with Crippen LogP contribution in [-0.2, 0) is 4.79 Å². The Labute approximate surface area is 109 Å². The maximum Gasteiger partial charge on any atom is 0.120 e. The van der Waals surface area contributed by atoms with Crippen LogP contribution >= 0.6 is 0 Å². The standard InChI is InChI=1S/C16H19NO/c17-12-13-6-8-15(9-7-13)16(10-11-18)14-4-2-1-3-5-14/h6-9,11,14,16H,1-5,10H2/t16-/m0/s1. The molecular formula is C16H19NO. The molecule has 0 spiro atoms. The average Bonchev–Trinajstić information content (AvgIpc) is 2.46. The Kier molecular flexibility index (Phi) is 4.52. The predicted molar refractivity (Wildman–Crippen MR) is 71.2 cm³/mol. The van der Waals surface area contributed by atoms with E-state index >= 15 is 0 Å². The average molecular weight is 241 g/mol. The Hall–Kier alpha value is -1.62. The van der Waals surface area contributed by atoms with Crippen molar-refractivity contribution in [2.75, 3.05) is 0 Å². The lowest BCUT2D eigenvalue weighted by Gasteiger charge is -2.29. The van der Waals surface area contributed by atoms with E-state index in [-0.39, 0.29) is 0 Å². The van der Waals surface area contributed by atoms with E-state index in [0.29, 0.717) is 23.8 Å². The topological polar surface area (TPSA) is 40.9 Å². The molecule has 0 amide bonds. The van der Waals surface area contributed by atoms with Gasteiger partial charge < -0.3 is 4.79 Å². The van der Waals surface area contributed by atoms with Gasteiger partial charge in [-0.3, -0.25) is 0 Å². The Morgan fingerprint density at radius 1 is 1.22 bits per heavy atom. The van der Waals surface area contributed by atoms with Crippen molar-refractivity contribution in [3.63, 3.8) is 0 Å². The molecule has 1 atom stereocenters. The minimum atomic E-state index is 0.343. The number of hydrogen-bond donors (Lipinski definition) is 0. The summed E-state index contributed by atoms with van der Waals surface area (Å²) in [6.07, 6.45) is 8.02. The van der Waals surface area contributed by atoms with Crippen molar-refractivity contribution in [3.05, 3.63) is 35.4 Å². The van der Waals surface area contributed by atoms with Crippen molar-refractivity contribution in [1.82, 2.24) is 0 Å². The van der Waals surface area contributed by atoms with Crippen molar-refractivity contribution >= 4 is 6.29 Å². The third-order valence-electron chi connectivity index (χ3n) is 4.04. The first-order chi connectivity index (χ1) is 8.85. The minimum absolute atomic E-state index is 0.343. The summed E-state index contributed by atoms with van der Waals surface area (Å²) in [5.74, 6) is 0.979. The summed E-state index contributed by atoms with van der Waals surface area (Å²) in [7, 11) is 0. The van der Waals surface area contributed by atoms with Crippen LogP contribution in [0, 0.1) is 17.2 Å². The van der Waals surface area contributed by atoms with Crippen LogP contribution in [0.4, 0.5) is 0 Å². The molecule has 0 unspecified atom stereocenters. The van der Waals surface area contributed by atoms with Gasteiger partial charge in [-0.2, -0.15) is 5.26 Å². The molecule has 2 rings (SSSR count). The fourth-order valence-electron chi connectivity index (χ4n) is 3.05. The van der Waals surface area contributed by atoms with Crippen molar-refractivity contribution < 1.29 is 4.79 Å². The first-order valence-electron chi connectivity index (χ1n) is 6.79. The smallest absolute Gasteiger partial charge is 0.120 e. The fraction of sp³-hybridized carbons (Fsp3) is 0.500. The number of benzene rings is 1. The summed E-state index contributed by atoms with van der Waals surface area (Å²) >= 11 is 0. The van der Waals surface area contributed by atoms with Gasteiger partial charge in [-0.25, -0.2) is 0 Å². The van der Waals surface area contributed by atoms with Gasteiger partial charge in [0.05, 0.1) is 11.6 Å². The predicted octanol–water partition coefficient (Wildman–Crippen LogP) is 3.81. The van der Waals surface area contributed by atoms with Gasteiger partial charge in [-0.1, -0.05) is 31.4 Å². The molecule has 0 radical (unpaired) electrons. The molecule has 0 heterocycles. The molecule has 0 N–H and O–H groups in total. The van der Waals surface area contributed by atoms with Crippen LogP contribution in [0.1, 0.15) is 55.6 Å². The van der Waals surface area contributed by atoms with Crippen LogP contribution in [0.5, 0.6) is 0 Å². The maximum absolute atomic E-state index is 10.9. The van der Waals surface area contributed by atoms with E-state index in [9.17, 15) is 4.79 Å². The monoisotopic (exact) mass is 241 g/mol. The lowest BCUT2D eigenvalue weighted by atomic mass is 9.75. The molecule has 1 saturated carbocycles. The molecule has 2 nitrogen and oxygen atoms in total. The fourth-order valence-corrected chi connectivity index (χ4v) is 3.05. The van der Waals surface area contributed by atoms with Gasteiger partial charge in [0.25, 0.3) is 0 Å². The first kappa shape index (κ1) is 12.8. The molecule has 1 aliphatic carbocycles. The van der Waals surface area contributed by atoms with Gasteiger partial charge in [0, 0.05) is 6.42 Å². The number of aldehydes is 1. The van der Waals surface area contributed by atoms with Gasteiger partial charge in [0.2, 0.25) is 0 Å². The Bertz CT molecular complexity index is 423. The molecule has 1 aromatic rings. The second-order valence-corrected chi connectivity index (χ2v) is 5.14. The zero-order chi connectivity index (χ0) is 12.8. The van der Waals surface area contributed by atoms with Crippen LogP contribution in [0.2, 0.25) is 0 Å². The molecule has 0 bridgehead atoms. The van der Waals surface area contributed by atoms with E-state index in [1.807, 2.05) is 24.3 Å². The van der Waals surface area contributed by atoms with Crippen LogP contribution in [0.3, 0.4) is 0 Å². The Balaban J connectivity index is 2.17. The Morgan fingerprint density at radius 3 is 2.44 bits per heavy atom. The van der Waals surface area contributed by atoms with E-state index in [2.05, 4.69) is 6.07 Å². The number of rotatable bonds is 4. The molecule has 18 heavy (non-hydrogen) atoms. The zero-order valence-corrected chi connectivity index (χ0v) is 10.6. The van der Waals surface area contributed by atoms with E-state index in [1.54, 1.807) is 0 Å². The van der Waals surface area contributed by atoms with E-state index in [4.69, 9.17) is 5.26 Å². The van der Waals surface area contributed by atoms with Crippen molar-refractivity contribution in [2.45, 2.75) is 44.4 Å². The second-order valence-electron chi connectivity index (χ2n) is 5.14. The Morgan fingerprint density at radius 2 is 1.89 bits per heavy atom. The lowest BCUT2D eigenvalue weighted by molar-refractivity contribution is -0.108. The van der Waals surface area contributed by atoms with Gasteiger partial charge in [-0.15, -0.1) is 0 Å². The number of carbonyl (C=O) groups is 1. The highest BCUT2D eigenvalue weighted by molar-refractivity contribution is 5.52. The van der Waals surface area contributed by atoms with Crippen molar-refractivity contribution in [3.8, 4) is 6.07 Å². The van der Waals surface area contributed by atoms with Crippen LogP contribution in [0.15, 0.2) is 24.3 Å². The number of nitriles is 1. The summed E-state index contributed by atoms with van der Waals surface area (Å²) in [5.41, 5.74) is 1.90. The SMILES string of the molecule is N#Cc1ccc([C@@H](CC=O)C2CCCCC2)cc1. The van der Waals surface area contributed by atoms with Crippen LogP contribution < -0.4 is 0 Å². The van der Waals surface area contributed by atoms with Crippen molar-refractivity contribution in [1.29, 1.82) is 5.26 Å². The number of carbonyl (C=O) groups excluding carboxylic acids is 1. The van der Waals surface area contributed by atoms with Gasteiger partial charge in [0.1, 0.15) is 6.29 Å². The van der Waals surface area contributed by atoms with E-state index in [0.717, 1.165) is 6.29 Å². The van der Waals surface area contributed by atoms with Gasteiger partial charge >= 0.3 is 0 Å². The lowest BCUT2D eigenvalue weighted by Crippen LogP contribution is -2.17. The molecular weight excluding hydrogens is 222 g/mol. The maximum atomic E-state index is 10.9. The zero-order valence-electron chi connectivity index (χ0n) is 10.6. The van der Waals surface area contributed by atoms with E-state index < -0.39 is 0 Å². The summed E-state index contributed by atoms with van der Waals surface area (Å²) in [6.45, 7) is 0. The molecule has 94 valence electrons. The molecule has 2 heteroatoms. The molecule has 1 aliphatic rings. The molecule has 0 aliphatic heterocycles. The first-order valence-corrected chi connectivity index (χ1v) is 6.79. The molecule has 1 fully saturated rings. The summed E-state index contributed by atoms with van der Waals surface area (Å²) in [6, 6.07) is 9.88. The number of nitrogens with zero attached hydrogens (tertiary/aromatic N) is 1. The largest absolute Gasteiger partial charge is 0.303 e. The number of hydrogen-bond acceptors (Lipinski definition) is 2. The highest BCUT2D eigenvalue weighted by Gasteiger charge is 2.24. The van der Waals surface area contributed by atoms with Gasteiger partial charge in [0.15, 0.2) is 0 Å². The molecule has 0 aromatic heterocycles. The van der Waals surface area contributed by atoms with Crippen LogP contribution in [0.25, 0.3) is 0 Å².